The van der Waals surface area contributed by atoms with Gasteiger partial charge in [-0.05, 0) is 25.0 Å². The minimum Gasteiger partial charge on any atom is -0.508 e. The molecule has 19 heavy (non-hydrogen) atoms. The van der Waals surface area contributed by atoms with E-state index in [1.807, 2.05) is 0 Å². The molecule has 0 radical (unpaired) electrons. The van der Waals surface area contributed by atoms with E-state index in [-0.39, 0.29) is 16.9 Å². The summed E-state index contributed by atoms with van der Waals surface area (Å²) in [5.74, 6) is -1.29. The quantitative estimate of drug-likeness (QED) is 0.835. The van der Waals surface area contributed by atoms with Crippen LogP contribution in [0, 0.1) is 5.82 Å². The Bertz CT molecular complexity index is 473. The summed E-state index contributed by atoms with van der Waals surface area (Å²) in [6.45, 7) is 0. The first-order valence-electron chi connectivity index (χ1n) is 6.43. The molecule has 0 heterocycles. The summed E-state index contributed by atoms with van der Waals surface area (Å²) in [5, 5.41) is 12.8. The number of phenols is 1. The first-order chi connectivity index (χ1) is 9.06. The predicted molar refractivity (Wildman–Crippen MR) is 75.1 cm³/mol. The molecule has 0 aromatic heterocycles. The third-order valence-electron chi connectivity index (χ3n) is 3.64. The molecule has 1 aromatic carbocycles. The van der Waals surface area contributed by atoms with Gasteiger partial charge in [-0.25, -0.2) is 4.39 Å². The van der Waals surface area contributed by atoms with E-state index in [0.29, 0.717) is 5.33 Å². The van der Waals surface area contributed by atoms with Crippen LogP contribution >= 0.6 is 15.9 Å². The first kappa shape index (κ1) is 14.3. The molecule has 1 fully saturated rings. The molecule has 1 aliphatic carbocycles. The van der Waals surface area contributed by atoms with E-state index in [1.165, 1.54) is 18.6 Å². The highest BCUT2D eigenvalue weighted by Gasteiger charge is 2.33. The van der Waals surface area contributed by atoms with Crippen molar-refractivity contribution in [1.29, 1.82) is 0 Å². The van der Waals surface area contributed by atoms with Crippen LogP contribution in [0.4, 0.5) is 4.39 Å². The van der Waals surface area contributed by atoms with Crippen molar-refractivity contribution >= 4 is 21.8 Å². The molecule has 0 atom stereocenters. The fourth-order valence-electron chi connectivity index (χ4n) is 2.52. The lowest BCUT2D eigenvalue weighted by Gasteiger charge is -2.36. The Morgan fingerprint density at radius 3 is 2.63 bits per heavy atom. The lowest BCUT2D eigenvalue weighted by atomic mass is 9.83. The molecule has 0 saturated heterocycles. The van der Waals surface area contributed by atoms with Crippen molar-refractivity contribution in [3.05, 3.63) is 29.6 Å². The van der Waals surface area contributed by atoms with Crippen LogP contribution in [-0.2, 0) is 0 Å². The van der Waals surface area contributed by atoms with Crippen LogP contribution in [0.1, 0.15) is 42.5 Å². The number of benzene rings is 1. The van der Waals surface area contributed by atoms with Crippen LogP contribution in [-0.4, -0.2) is 21.9 Å². The number of carbonyl (C=O) groups excluding carboxylic acids is 1. The molecule has 3 nitrogen and oxygen atoms in total. The van der Waals surface area contributed by atoms with Crippen LogP contribution in [0.2, 0.25) is 0 Å². The van der Waals surface area contributed by atoms with Crippen molar-refractivity contribution in [3.63, 3.8) is 0 Å². The highest BCUT2D eigenvalue weighted by molar-refractivity contribution is 9.09. The average Bonchev–Trinajstić information content (AvgIpc) is 2.39. The second kappa shape index (κ2) is 5.90. The number of amides is 1. The Kier molecular flexibility index (Phi) is 4.45. The summed E-state index contributed by atoms with van der Waals surface area (Å²) < 4.78 is 13.7. The fraction of sp³-hybridized carbons (Fsp3) is 0.500. The van der Waals surface area contributed by atoms with Gasteiger partial charge in [0.15, 0.2) is 0 Å². The Morgan fingerprint density at radius 1 is 1.37 bits per heavy atom. The molecular weight excluding hydrogens is 313 g/mol. The zero-order valence-corrected chi connectivity index (χ0v) is 12.2. The van der Waals surface area contributed by atoms with Crippen LogP contribution in [0.15, 0.2) is 18.2 Å². The molecule has 1 aliphatic rings. The average molecular weight is 330 g/mol. The maximum absolute atomic E-state index is 13.7. The summed E-state index contributed by atoms with van der Waals surface area (Å²) in [5.41, 5.74) is -0.302. The van der Waals surface area contributed by atoms with Crippen molar-refractivity contribution in [2.24, 2.45) is 0 Å². The van der Waals surface area contributed by atoms with Gasteiger partial charge in [-0.3, -0.25) is 4.79 Å². The molecule has 1 amide bonds. The van der Waals surface area contributed by atoms with Crippen LogP contribution < -0.4 is 5.32 Å². The molecule has 2 N–H and O–H groups in total. The summed E-state index contributed by atoms with van der Waals surface area (Å²) >= 11 is 3.45. The number of nitrogens with one attached hydrogen (secondary N) is 1. The second-order valence-corrected chi connectivity index (χ2v) is 5.65. The Hall–Kier alpha value is -1.10. The Balaban J connectivity index is 2.15. The van der Waals surface area contributed by atoms with Crippen molar-refractivity contribution in [2.75, 3.05) is 5.33 Å². The van der Waals surface area contributed by atoms with Crippen LogP contribution in [0.3, 0.4) is 0 Å². The molecule has 0 bridgehead atoms. The van der Waals surface area contributed by atoms with Gasteiger partial charge in [0.05, 0.1) is 11.1 Å². The van der Waals surface area contributed by atoms with Crippen molar-refractivity contribution in [3.8, 4) is 5.75 Å². The third-order valence-corrected chi connectivity index (χ3v) is 4.72. The van der Waals surface area contributed by atoms with E-state index in [2.05, 4.69) is 21.2 Å². The number of phenolic OH excluding ortho intramolecular Hbond substituents is 1. The minimum atomic E-state index is -0.696. The number of hydrogen-bond acceptors (Lipinski definition) is 2. The van der Waals surface area contributed by atoms with E-state index in [9.17, 15) is 9.18 Å². The summed E-state index contributed by atoms with van der Waals surface area (Å²) in [7, 11) is 0. The predicted octanol–water partition coefficient (Wildman–Crippen LogP) is 3.36. The molecule has 1 saturated carbocycles. The highest BCUT2D eigenvalue weighted by Crippen LogP contribution is 2.30. The maximum atomic E-state index is 13.7. The molecule has 0 unspecified atom stereocenters. The van der Waals surface area contributed by atoms with Crippen molar-refractivity contribution < 1.29 is 14.3 Å². The minimum absolute atomic E-state index is 0.0244. The summed E-state index contributed by atoms with van der Waals surface area (Å²) in [6, 6.07) is 3.58. The molecular formula is C14H17BrFNO2. The number of carbonyl (C=O) groups is 1. The number of aromatic hydroxyl groups is 1. The van der Waals surface area contributed by atoms with Gasteiger partial charge in [0.1, 0.15) is 11.6 Å². The second-order valence-electron chi connectivity index (χ2n) is 5.09. The molecule has 104 valence electrons. The lowest BCUT2D eigenvalue weighted by Crippen LogP contribution is -2.51. The topological polar surface area (TPSA) is 49.3 Å². The van der Waals surface area contributed by atoms with E-state index < -0.39 is 11.7 Å². The van der Waals surface area contributed by atoms with E-state index >= 15 is 0 Å². The Morgan fingerprint density at radius 2 is 2.05 bits per heavy atom. The number of rotatable bonds is 3. The highest BCUT2D eigenvalue weighted by atomic mass is 79.9. The first-order valence-corrected chi connectivity index (χ1v) is 7.55. The van der Waals surface area contributed by atoms with Crippen molar-refractivity contribution in [2.45, 2.75) is 37.6 Å². The molecule has 2 rings (SSSR count). The van der Waals surface area contributed by atoms with Crippen LogP contribution in [0.5, 0.6) is 5.75 Å². The summed E-state index contributed by atoms with van der Waals surface area (Å²) in [4.78, 5) is 12.2. The molecule has 5 heteroatoms. The Labute approximate surface area is 120 Å². The van der Waals surface area contributed by atoms with Gasteiger partial charge in [0.2, 0.25) is 0 Å². The van der Waals surface area contributed by atoms with Gasteiger partial charge in [0.25, 0.3) is 5.91 Å². The zero-order valence-electron chi connectivity index (χ0n) is 10.6. The normalized spacial score (nSPS) is 18.0. The third kappa shape index (κ3) is 3.26. The van der Waals surface area contributed by atoms with Gasteiger partial charge >= 0.3 is 0 Å². The van der Waals surface area contributed by atoms with E-state index in [1.54, 1.807) is 0 Å². The standard InChI is InChI=1S/C14H17BrFNO2/c15-9-14(6-2-1-3-7-14)17-13(19)11-5-4-10(18)8-12(11)16/h4-5,8,18H,1-3,6-7,9H2,(H,17,19). The van der Waals surface area contributed by atoms with Gasteiger partial charge < -0.3 is 10.4 Å². The lowest BCUT2D eigenvalue weighted by molar-refractivity contribution is 0.0882. The van der Waals surface area contributed by atoms with Gasteiger partial charge in [0, 0.05) is 11.4 Å². The molecule has 0 aliphatic heterocycles. The smallest absolute Gasteiger partial charge is 0.254 e. The fourth-order valence-corrected chi connectivity index (χ4v) is 3.22. The van der Waals surface area contributed by atoms with E-state index in [4.69, 9.17) is 5.11 Å². The SMILES string of the molecule is O=C(NC1(CBr)CCCCC1)c1ccc(O)cc1F. The summed E-state index contributed by atoms with van der Waals surface area (Å²) in [6.07, 6.45) is 5.14. The van der Waals surface area contributed by atoms with Gasteiger partial charge in [-0.1, -0.05) is 35.2 Å². The zero-order chi connectivity index (χ0) is 13.9. The van der Waals surface area contributed by atoms with E-state index in [0.717, 1.165) is 31.7 Å². The van der Waals surface area contributed by atoms with Gasteiger partial charge in [-0.15, -0.1) is 0 Å². The number of hydrogen-bond donors (Lipinski definition) is 2. The van der Waals surface area contributed by atoms with Crippen LogP contribution in [0.25, 0.3) is 0 Å². The number of halogens is 2. The molecule has 0 spiro atoms. The monoisotopic (exact) mass is 329 g/mol. The van der Waals surface area contributed by atoms with Gasteiger partial charge in [-0.2, -0.15) is 0 Å². The largest absolute Gasteiger partial charge is 0.508 e. The van der Waals surface area contributed by atoms with Crippen molar-refractivity contribution in [1.82, 2.24) is 5.32 Å². The molecule has 1 aromatic rings. The number of alkyl halides is 1. The maximum Gasteiger partial charge on any atom is 0.254 e.